The topological polar surface area (TPSA) is 57.7 Å². The van der Waals surface area contributed by atoms with E-state index in [9.17, 15) is 18.8 Å². The maximum absolute atomic E-state index is 12.9. The first-order valence-corrected chi connectivity index (χ1v) is 8.15. The summed E-state index contributed by atoms with van der Waals surface area (Å²) in [7, 11) is 0. The van der Waals surface area contributed by atoms with E-state index in [0.717, 1.165) is 29.5 Å². The molecule has 1 aromatic rings. The highest BCUT2D eigenvalue weighted by atomic mass is 32.2. The first-order valence-electron chi connectivity index (χ1n) is 7.33. The summed E-state index contributed by atoms with van der Waals surface area (Å²) in [6, 6.07) is 5.62. The number of thioether (sulfide) groups is 1. The van der Waals surface area contributed by atoms with Gasteiger partial charge < -0.3 is 4.90 Å². The van der Waals surface area contributed by atoms with Crippen molar-refractivity contribution in [3.63, 3.8) is 0 Å². The molecule has 2 saturated heterocycles. The summed E-state index contributed by atoms with van der Waals surface area (Å²) in [5, 5.41) is -0.448. The van der Waals surface area contributed by atoms with E-state index in [2.05, 4.69) is 0 Å². The highest BCUT2D eigenvalue weighted by Crippen LogP contribution is 2.32. The lowest BCUT2D eigenvalue weighted by molar-refractivity contribution is -0.135. The van der Waals surface area contributed by atoms with Gasteiger partial charge in [-0.05, 0) is 48.4 Å². The van der Waals surface area contributed by atoms with Gasteiger partial charge in [0.25, 0.3) is 11.1 Å². The fourth-order valence-electron chi connectivity index (χ4n) is 2.55. The summed E-state index contributed by atoms with van der Waals surface area (Å²) >= 11 is 0.799. The number of hydrogen-bond acceptors (Lipinski definition) is 4. The fraction of sp³-hybridized carbons (Fsp3) is 0.312. The number of benzene rings is 1. The Morgan fingerprint density at radius 1 is 1.17 bits per heavy atom. The summed E-state index contributed by atoms with van der Waals surface area (Å²) in [6.07, 6.45) is 3.45. The molecule has 2 heterocycles. The van der Waals surface area contributed by atoms with E-state index in [-0.39, 0.29) is 23.2 Å². The normalized spacial score (nSPS) is 20.0. The van der Waals surface area contributed by atoms with Crippen LogP contribution >= 0.6 is 11.8 Å². The number of likely N-dealkylation sites (tertiary alicyclic amines) is 1. The van der Waals surface area contributed by atoms with Crippen LogP contribution in [0.25, 0.3) is 6.08 Å². The molecule has 120 valence electrons. The summed E-state index contributed by atoms with van der Waals surface area (Å²) in [6.45, 7) is 1.15. The highest BCUT2D eigenvalue weighted by Gasteiger charge is 2.37. The van der Waals surface area contributed by atoms with Gasteiger partial charge >= 0.3 is 0 Å². The molecule has 3 amide bonds. The molecule has 7 heteroatoms. The molecule has 2 fully saturated rings. The zero-order valence-corrected chi connectivity index (χ0v) is 13.1. The van der Waals surface area contributed by atoms with Gasteiger partial charge in [-0.15, -0.1) is 0 Å². The van der Waals surface area contributed by atoms with Gasteiger partial charge in [0.05, 0.1) is 4.91 Å². The molecule has 1 aromatic carbocycles. The third kappa shape index (κ3) is 3.44. The number of carbonyl (C=O) groups excluding carboxylic acids is 3. The smallest absolute Gasteiger partial charge is 0.294 e. The molecule has 23 heavy (non-hydrogen) atoms. The second kappa shape index (κ2) is 6.54. The maximum atomic E-state index is 12.9. The van der Waals surface area contributed by atoms with E-state index in [1.54, 1.807) is 4.90 Å². The number of hydrogen-bond donors (Lipinski definition) is 0. The quantitative estimate of drug-likeness (QED) is 0.797. The minimum Gasteiger partial charge on any atom is -0.341 e. The molecule has 0 radical (unpaired) electrons. The second-order valence-corrected chi connectivity index (χ2v) is 6.40. The molecule has 0 spiro atoms. The van der Waals surface area contributed by atoms with E-state index in [1.807, 2.05) is 0 Å². The van der Waals surface area contributed by atoms with Crippen LogP contribution in [-0.4, -0.2) is 46.5 Å². The molecule has 0 aliphatic carbocycles. The number of carbonyl (C=O) groups is 3. The van der Waals surface area contributed by atoms with Crippen LogP contribution in [0.15, 0.2) is 29.2 Å². The van der Waals surface area contributed by atoms with Crippen molar-refractivity contribution in [3.05, 3.63) is 40.6 Å². The minimum absolute atomic E-state index is 0.201. The molecule has 0 N–H and O–H groups in total. The molecule has 0 bridgehead atoms. The summed E-state index contributed by atoms with van der Waals surface area (Å²) in [4.78, 5) is 39.3. The average molecular weight is 334 g/mol. The first kappa shape index (κ1) is 15.7. The van der Waals surface area contributed by atoms with E-state index in [0.29, 0.717) is 18.7 Å². The summed E-state index contributed by atoms with van der Waals surface area (Å²) in [5.74, 6) is -1.05. The number of amides is 3. The molecule has 5 nitrogen and oxygen atoms in total. The van der Waals surface area contributed by atoms with Crippen molar-refractivity contribution in [1.82, 2.24) is 9.80 Å². The number of nitrogens with zero attached hydrogens (tertiary/aromatic N) is 2. The Morgan fingerprint density at radius 2 is 1.83 bits per heavy atom. The van der Waals surface area contributed by atoms with Crippen LogP contribution in [0.4, 0.5) is 9.18 Å². The van der Waals surface area contributed by atoms with Gasteiger partial charge in [-0.2, -0.15) is 0 Å². The Kier molecular flexibility index (Phi) is 4.47. The van der Waals surface area contributed by atoms with E-state index in [4.69, 9.17) is 0 Å². The Labute approximate surface area is 137 Å². The third-order valence-electron chi connectivity index (χ3n) is 3.79. The van der Waals surface area contributed by atoms with Gasteiger partial charge in [0.2, 0.25) is 5.91 Å². The van der Waals surface area contributed by atoms with Gasteiger partial charge in [0.1, 0.15) is 12.4 Å². The number of halogens is 1. The van der Waals surface area contributed by atoms with Gasteiger partial charge in [-0.3, -0.25) is 19.3 Å². The molecule has 0 atom stereocenters. The molecule has 3 rings (SSSR count). The maximum Gasteiger partial charge on any atom is 0.294 e. The lowest BCUT2D eigenvalue weighted by atomic mass is 10.2. The van der Waals surface area contributed by atoms with Gasteiger partial charge in [0, 0.05) is 13.1 Å². The third-order valence-corrected chi connectivity index (χ3v) is 4.70. The zero-order valence-electron chi connectivity index (χ0n) is 12.3. The molecular weight excluding hydrogens is 319 g/mol. The average Bonchev–Trinajstić information content (AvgIpc) is 3.14. The standard InChI is InChI=1S/C16H15FN2O3S/c17-12-5-3-11(4-6-12)9-13-15(21)19(16(22)23-13)10-14(20)18-7-1-2-8-18/h3-6,9H,1-2,7-8,10H2/b13-9-. The molecule has 2 aliphatic rings. The van der Waals surface area contributed by atoms with E-state index < -0.39 is 11.1 Å². The Hall–Kier alpha value is -2.15. The first-order chi connectivity index (χ1) is 11.0. The van der Waals surface area contributed by atoms with Crippen molar-refractivity contribution >= 4 is 34.9 Å². The largest absolute Gasteiger partial charge is 0.341 e. The van der Waals surface area contributed by atoms with E-state index >= 15 is 0 Å². The Bertz CT molecular complexity index is 681. The van der Waals surface area contributed by atoms with Crippen molar-refractivity contribution in [2.24, 2.45) is 0 Å². The number of rotatable bonds is 3. The molecule has 0 saturated carbocycles. The zero-order chi connectivity index (χ0) is 16.4. The van der Waals surface area contributed by atoms with Gasteiger partial charge in [0.15, 0.2) is 0 Å². The predicted octanol–water partition coefficient (Wildman–Crippen LogP) is 2.48. The Morgan fingerprint density at radius 3 is 2.48 bits per heavy atom. The summed E-state index contributed by atoms with van der Waals surface area (Å²) < 4.78 is 12.9. The minimum atomic E-state index is -0.475. The van der Waals surface area contributed by atoms with Gasteiger partial charge in [-0.25, -0.2) is 4.39 Å². The van der Waals surface area contributed by atoms with Crippen LogP contribution in [0, 0.1) is 5.82 Å². The summed E-state index contributed by atoms with van der Waals surface area (Å²) in [5.41, 5.74) is 0.628. The van der Waals surface area contributed by atoms with Crippen LogP contribution < -0.4 is 0 Å². The molecule has 0 unspecified atom stereocenters. The Balaban J connectivity index is 1.71. The van der Waals surface area contributed by atoms with Crippen molar-refractivity contribution in [2.75, 3.05) is 19.6 Å². The van der Waals surface area contributed by atoms with Gasteiger partial charge in [-0.1, -0.05) is 12.1 Å². The van der Waals surface area contributed by atoms with Crippen LogP contribution in [0.3, 0.4) is 0 Å². The monoisotopic (exact) mass is 334 g/mol. The van der Waals surface area contributed by atoms with Crippen molar-refractivity contribution < 1.29 is 18.8 Å². The van der Waals surface area contributed by atoms with E-state index in [1.165, 1.54) is 30.3 Å². The number of imide groups is 1. The van der Waals surface area contributed by atoms with Crippen molar-refractivity contribution in [2.45, 2.75) is 12.8 Å². The van der Waals surface area contributed by atoms with Crippen LogP contribution in [0.2, 0.25) is 0 Å². The lowest BCUT2D eigenvalue weighted by Crippen LogP contribution is -2.40. The second-order valence-electron chi connectivity index (χ2n) is 5.41. The van der Waals surface area contributed by atoms with Crippen LogP contribution in [0.5, 0.6) is 0 Å². The van der Waals surface area contributed by atoms with Crippen LogP contribution in [0.1, 0.15) is 18.4 Å². The lowest BCUT2D eigenvalue weighted by Gasteiger charge is -2.18. The molecule has 2 aliphatic heterocycles. The SMILES string of the molecule is O=C(CN1C(=O)S/C(=C\c2ccc(F)cc2)C1=O)N1CCCC1. The fourth-order valence-corrected chi connectivity index (χ4v) is 3.39. The predicted molar refractivity (Wildman–Crippen MR) is 84.9 cm³/mol. The van der Waals surface area contributed by atoms with Crippen molar-refractivity contribution in [3.8, 4) is 0 Å². The van der Waals surface area contributed by atoms with Crippen LogP contribution in [-0.2, 0) is 9.59 Å². The molecule has 0 aromatic heterocycles. The molecular formula is C16H15FN2O3S. The van der Waals surface area contributed by atoms with Crippen molar-refractivity contribution in [1.29, 1.82) is 0 Å². The highest BCUT2D eigenvalue weighted by molar-refractivity contribution is 8.18.